The van der Waals surface area contributed by atoms with Crippen molar-refractivity contribution in [1.82, 2.24) is 14.4 Å². The van der Waals surface area contributed by atoms with E-state index >= 15 is 0 Å². The minimum Gasteiger partial charge on any atom is -0.464 e. The summed E-state index contributed by atoms with van der Waals surface area (Å²) < 4.78 is 6.59. The van der Waals surface area contributed by atoms with Crippen LogP contribution in [0.25, 0.3) is 11.0 Å². The predicted octanol–water partition coefficient (Wildman–Crippen LogP) is 0.675. The molecule has 126 valence electrons. The van der Waals surface area contributed by atoms with Gasteiger partial charge in [-0.15, -0.1) is 0 Å². The second-order valence-corrected chi connectivity index (χ2v) is 6.43. The van der Waals surface area contributed by atoms with Crippen molar-refractivity contribution in [3.63, 3.8) is 0 Å². The monoisotopic (exact) mass is 329 g/mol. The van der Waals surface area contributed by atoms with Gasteiger partial charge < -0.3 is 18.8 Å². The Labute approximate surface area is 138 Å². The first-order chi connectivity index (χ1) is 11.6. The Morgan fingerprint density at radius 2 is 1.79 bits per heavy atom. The number of fused-ring (bicyclic) bond motifs is 1. The summed E-state index contributed by atoms with van der Waals surface area (Å²) >= 11 is 0. The minimum absolute atomic E-state index is 0.0104. The molecule has 0 spiro atoms. The van der Waals surface area contributed by atoms with Gasteiger partial charge in [0.05, 0.1) is 11.6 Å². The van der Waals surface area contributed by atoms with Crippen LogP contribution in [0.15, 0.2) is 33.8 Å². The smallest absolute Gasteiger partial charge is 0.262 e. The van der Waals surface area contributed by atoms with Gasteiger partial charge in [0.1, 0.15) is 12.1 Å². The van der Waals surface area contributed by atoms with E-state index in [1.54, 1.807) is 23.2 Å². The van der Waals surface area contributed by atoms with E-state index in [0.717, 1.165) is 12.8 Å². The molecule has 2 amide bonds. The zero-order chi connectivity index (χ0) is 16.7. The van der Waals surface area contributed by atoms with Crippen LogP contribution < -0.4 is 5.56 Å². The summed E-state index contributed by atoms with van der Waals surface area (Å²) in [4.78, 5) is 40.4. The Morgan fingerprint density at radius 3 is 2.50 bits per heavy atom. The van der Waals surface area contributed by atoms with Crippen LogP contribution in [-0.4, -0.2) is 52.4 Å². The number of rotatable bonds is 3. The molecule has 2 aromatic heterocycles. The third-order valence-corrected chi connectivity index (χ3v) is 4.77. The highest BCUT2D eigenvalue weighted by molar-refractivity contribution is 5.82. The van der Waals surface area contributed by atoms with Crippen molar-refractivity contribution in [3.8, 4) is 0 Å². The first-order valence-corrected chi connectivity index (χ1v) is 8.27. The third kappa shape index (κ3) is 2.70. The molecule has 2 aliphatic rings. The number of pyridine rings is 1. The summed E-state index contributed by atoms with van der Waals surface area (Å²) in [5, 5.41) is 0.477. The van der Waals surface area contributed by atoms with Crippen molar-refractivity contribution in [2.45, 2.75) is 19.4 Å². The lowest BCUT2D eigenvalue weighted by molar-refractivity contribution is -0.140. The maximum Gasteiger partial charge on any atom is 0.262 e. The molecule has 1 saturated heterocycles. The summed E-state index contributed by atoms with van der Waals surface area (Å²) in [6, 6.07) is 3.30. The fraction of sp³-hybridized carbons (Fsp3) is 0.471. The van der Waals surface area contributed by atoms with Crippen molar-refractivity contribution in [2.75, 3.05) is 26.2 Å². The molecule has 7 nitrogen and oxygen atoms in total. The number of aromatic nitrogens is 1. The van der Waals surface area contributed by atoms with Crippen LogP contribution in [0.2, 0.25) is 0 Å². The van der Waals surface area contributed by atoms with E-state index in [1.807, 2.05) is 4.90 Å². The van der Waals surface area contributed by atoms with Gasteiger partial charge in [0.25, 0.3) is 5.56 Å². The molecule has 0 atom stereocenters. The van der Waals surface area contributed by atoms with Gasteiger partial charge in [-0.05, 0) is 25.0 Å². The van der Waals surface area contributed by atoms with E-state index in [9.17, 15) is 14.4 Å². The molecule has 2 aromatic rings. The highest BCUT2D eigenvalue weighted by Gasteiger charge is 2.35. The van der Waals surface area contributed by atoms with Gasteiger partial charge in [-0.1, -0.05) is 0 Å². The van der Waals surface area contributed by atoms with Gasteiger partial charge in [0, 0.05) is 38.3 Å². The standard InChI is InChI=1S/C17H19N3O4/c21-15(11-20-5-3-14-13(17(20)23)4-10-24-14)18-6-8-19(9-7-18)16(22)12-1-2-12/h3-5,10,12H,1-2,6-9,11H2. The average Bonchev–Trinajstić information content (AvgIpc) is 3.34. The third-order valence-electron chi connectivity index (χ3n) is 4.77. The normalized spacial score (nSPS) is 18.2. The Hall–Kier alpha value is -2.57. The van der Waals surface area contributed by atoms with Crippen molar-refractivity contribution in [1.29, 1.82) is 0 Å². The van der Waals surface area contributed by atoms with Crippen molar-refractivity contribution in [3.05, 3.63) is 34.9 Å². The Kier molecular flexibility index (Phi) is 3.63. The van der Waals surface area contributed by atoms with Crippen LogP contribution in [0.1, 0.15) is 12.8 Å². The molecule has 7 heteroatoms. The molecular weight excluding hydrogens is 310 g/mol. The van der Waals surface area contributed by atoms with Crippen LogP contribution in [-0.2, 0) is 16.1 Å². The number of nitrogens with zero attached hydrogens (tertiary/aromatic N) is 3. The van der Waals surface area contributed by atoms with Gasteiger partial charge in [-0.3, -0.25) is 14.4 Å². The maximum absolute atomic E-state index is 12.5. The highest BCUT2D eigenvalue weighted by Crippen LogP contribution is 2.31. The molecular formula is C17H19N3O4. The molecule has 3 heterocycles. The number of amides is 2. The number of carbonyl (C=O) groups excluding carboxylic acids is 2. The topological polar surface area (TPSA) is 75.8 Å². The molecule has 0 radical (unpaired) electrons. The fourth-order valence-corrected chi connectivity index (χ4v) is 3.14. The Balaban J connectivity index is 1.40. The van der Waals surface area contributed by atoms with E-state index in [0.29, 0.717) is 37.1 Å². The first-order valence-electron chi connectivity index (χ1n) is 8.27. The van der Waals surface area contributed by atoms with Crippen LogP contribution in [0.3, 0.4) is 0 Å². The summed E-state index contributed by atoms with van der Waals surface area (Å²) in [6.45, 7) is 2.23. The summed E-state index contributed by atoms with van der Waals surface area (Å²) in [5.74, 6) is 0.342. The van der Waals surface area contributed by atoms with Crippen LogP contribution in [0.4, 0.5) is 0 Å². The predicted molar refractivity (Wildman–Crippen MR) is 86.4 cm³/mol. The second-order valence-electron chi connectivity index (χ2n) is 6.43. The Morgan fingerprint density at radius 1 is 1.08 bits per heavy atom. The molecule has 4 rings (SSSR count). The van der Waals surface area contributed by atoms with Crippen molar-refractivity contribution < 1.29 is 14.0 Å². The molecule has 0 aromatic carbocycles. The van der Waals surface area contributed by atoms with Crippen LogP contribution in [0.5, 0.6) is 0 Å². The van der Waals surface area contributed by atoms with Gasteiger partial charge in [-0.25, -0.2) is 0 Å². The zero-order valence-electron chi connectivity index (χ0n) is 13.3. The lowest BCUT2D eigenvalue weighted by Gasteiger charge is -2.35. The molecule has 24 heavy (non-hydrogen) atoms. The number of piperazine rings is 1. The maximum atomic E-state index is 12.5. The SMILES string of the molecule is O=C(Cn1ccc2occc2c1=O)N1CCN(C(=O)C2CC2)CC1. The van der Waals surface area contributed by atoms with Gasteiger partial charge in [0.2, 0.25) is 11.8 Å². The fourth-order valence-electron chi connectivity index (χ4n) is 3.14. The van der Waals surface area contributed by atoms with E-state index in [-0.39, 0.29) is 29.8 Å². The van der Waals surface area contributed by atoms with Crippen LogP contribution in [0, 0.1) is 5.92 Å². The zero-order valence-corrected chi connectivity index (χ0v) is 13.3. The molecule has 0 bridgehead atoms. The van der Waals surface area contributed by atoms with E-state index in [1.165, 1.54) is 10.8 Å². The van der Waals surface area contributed by atoms with E-state index < -0.39 is 0 Å². The largest absolute Gasteiger partial charge is 0.464 e. The van der Waals surface area contributed by atoms with Gasteiger partial charge >= 0.3 is 0 Å². The van der Waals surface area contributed by atoms with E-state index in [4.69, 9.17) is 4.42 Å². The average molecular weight is 329 g/mol. The van der Waals surface area contributed by atoms with E-state index in [2.05, 4.69) is 0 Å². The number of carbonyl (C=O) groups is 2. The first kappa shape index (κ1) is 15.0. The molecule has 2 fully saturated rings. The highest BCUT2D eigenvalue weighted by atomic mass is 16.3. The van der Waals surface area contributed by atoms with Gasteiger partial charge in [-0.2, -0.15) is 0 Å². The molecule has 1 aliphatic carbocycles. The summed E-state index contributed by atoms with van der Waals surface area (Å²) in [5.41, 5.74) is 0.299. The van der Waals surface area contributed by atoms with Crippen molar-refractivity contribution >= 4 is 22.8 Å². The van der Waals surface area contributed by atoms with Gasteiger partial charge in [0.15, 0.2) is 0 Å². The number of hydrogen-bond donors (Lipinski definition) is 0. The molecule has 0 unspecified atom stereocenters. The quantitative estimate of drug-likeness (QED) is 0.830. The minimum atomic E-state index is -0.225. The van der Waals surface area contributed by atoms with Crippen LogP contribution >= 0.6 is 0 Å². The number of furan rings is 1. The molecule has 1 saturated carbocycles. The lowest BCUT2D eigenvalue weighted by atomic mass is 10.2. The lowest BCUT2D eigenvalue weighted by Crippen LogP contribution is -2.52. The van der Waals surface area contributed by atoms with Crippen molar-refractivity contribution in [2.24, 2.45) is 5.92 Å². The molecule has 0 N–H and O–H groups in total. The summed E-state index contributed by atoms with van der Waals surface area (Å²) in [7, 11) is 0. The Bertz CT molecular complexity index is 841. The second kappa shape index (κ2) is 5.81. The summed E-state index contributed by atoms with van der Waals surface area (Å²) in [6.07, 6.45) is 5.04. The molecule has 1 aliphatic heterocycles. The number of hydrogen-bond acceptors (Lipinski definition) is 4.